The highest BCUT2D eigenvalue weighted by Crippen LogP contribution is 2.39. The van der Waals surface area contributed by atoms with E-state index in [-0.39, 0.29) is 0 Å². The highest BCUT2D eigenvalue weighted by Gasteiger charge is 2.40. The van der Waals surface area contributed by atoms with Crippen molar-refractivity contribution in [1.29, 1.82) is 0 Å². The molecule has 0 aromatic rings. The van der Waals surface area contributed by atoms with Gasteiger partial charge < -0.3 is 10.5 Å². The van der Waals surface area contributed by atoms with Crippen LogP contribution >= 0.6 is 0 Å². The molecule has 20 heavy (non-hydrogen) atoms. The predicted molar refractivity (Wildman–Crippen MR) is 84.8 cm³/mol. The molecule has 0 radical (unpaired) electrons. The van der Waals surface area contributed by atoms with Crippen LogP contribution in [0.3, 0.4) is 0 Å². The van der Waals surface area contributed by atoms with Gasteiger partial charge >= 0.3 is 0 Å². The highest BCUT2D eigenvalue weighted by molar-refractivity contribution is 4.97. The molecule has 0 spiro atoms. The lowest BCUT2D eigenvalue weighted by molar-refractivity contribution is -0.00634. The Morgan fingerprint density at radius 1 is 1.20 bits per heavy atom. The first kappa shape index (κ1) is 16.3. The van der Waals surface area contributed by atoms with Gasteiger partial charge in [0.2, 0.25) is 0 Å². The summed E-state index contributed by atoms with van der Waals surface area (Å²) in [5, 5.41) is 0. The van der Waals surface area contributed by atoms with Gasteiger partial charge in [-0.2, -0.15) is 0 Å². The van der Waals surface area contributed by atoms with E-state index in [0.717, 1.165) is 19.1 Å². The second kappa shape index (κ2) is 7.77. The molecule has 2 rings (SSSR count). The van der Waals surface area contributed by atoms with Crippen molar-refractivity contribution in [2.75, 3.05) is 33.4 Å². The zero-order valence-corrected chi connectivity index (χ0v) is 13.6. The van der Waals surface area contributed by atoms with E-state index in [4.69, 9.17) is 10.5 Å². The van der Waals surface area contributed by atoms with Gasteiger partial charge in [-0.25, -0.2) is 0 Å². The van der Waals surface area contributed by atoms with Crippen LogP contribution in [-0.2, 0) is 4.74 Å². The van der Waals surface area contributed by atoms with Crippen molar-refractivity contribution in [3.63, 3.8) is 0 Å². The van der Waals surface area contributed by atoms with E-state index in [0.29, 0.717) is 11.5 Å². The molecule has 0 bridgehead atoms. The summed E-state index contributed by atoms with van der Waals surface area (Å²) in [4.78, 5) is 2.72. The lowest BCUT2D eigenvalue weighted by atomic mass is 9.73. The summed E-state index contributed by atoms with van der Waals surface area (Å²) in [6.45, 7) is 6.51. The molecule has 118 valence electrons. The topological polar surface area (TPSA) is 38.5 Å². The zero-order valence-electron chi connectivity index (χ0n) is 13.6. The number of hydrogen-bond donors (Lipinski definition) is 1. The largest absolute Gasteiger partial charge is 0.384 e. The molecule has 3 nitrogen and oxygen atoms in total. The predicted octanol–water partition coefficient (Wildman–Crippen LogP) is 3.03. The van der Waals surface area contributed by atoms with Gasteiger partial charge in [0.1, 0.15) is 0 Å². The van der Waals surface area contributed by atoms with Gasteiger partial charge in [0.15, 0.2) is 0 Å². The molecule has 2 fully saturated rings. The number of nitrogens with two attached hydrogens (primary N) is 1. The molecule has 1 aliphatic heterocycles. The van der Waals surface area contributed by atoms with Gasteiger partial charge in [0.25, 0.3) is 0 Å². The lowest BCUT2D eigenvalue weighted by Crippen LogP contribution is -2.58. The fourth-order valence-corrected chi connectivity index (χ4v) is 4.43. The minimum atomic E-state index is 0.302. The summed E-state index contributed by atoms with van der Waals surface area (Å²) >= 11 is 0. The van der Waals surface area contributed by atoms with Crippen LogP contribution in [0.5, 0.6) is 0 Å². The van der Waals surface area contributed by atoms with Crippen molar-refractivity contribution in [1.82, 2.24) is 4.90 Å². The maximum Gasteiger partial charge on any atom is 0.0502 e. The van der Waals surface area contributed by atoms with Crippen molar-refractivity contribution in [3.8, 4) is 0 Å². The molecule has 2 aliphatic rings. The number of ether oxygens (including phenoxy) is 1. The molecule has 0 amide bonds. The van der Waals surface area contributed by atoms with E-state index in [1.54, 1.807) is 0 Å². The van der Waals surface area contributed by atoms with Crippen LogP contribution in [-0.4, -0.2) is 43.8 Å². The summed E-state index contributed by atoms with van der Waals surface area (Å²) in [5.74, 6) is 1.67. The molecule has 1 saturated heterocycles. The lowest BCUT2D eigenvalue weighted by Gasteiger charge is -2.50. The third kappa shape index (κ3) is 3.75. The molecular formula is C17H34N2O. The van der Waals surface area contributed by atoms with Crippen molar-refractivity contribution in [2.24, 2.45) is 17.6 Å². The van der Waals surface area contributed by atoms with Crippen LogP contribution in [0.2, 0.25) is 0 Å². The minimum absolute atomic E-state index is 0.302. The van der Waals surface area contributed by atoms with Gasteiger partial charge in [-0.3, -0.25) is 4.90 Å². The van der Waals surface area contributed by atoms with Crippen LogP contribution in [0.1, 0.15) is 58.3 Å². The SMILES string of the molecule is CCCC1CCC(CN)(N2CCCC(COC)C2)CC1. The van der Waals surface area contributed by atoms with Crippen LogP contribution in [0, 0.1) is 11.8 Å². The third-order valence-corrected chi connectivity index (χ3v) is 5.70. The minimum Gasteiger partial charge on any atom is -0.384 e. The summed E-state index contributed by atoms with van der Waals surface area (Å²) in [7, 11) is 1.83. The van der Waals surface area contributed by atoms with Crippen molar-refractivity contribution in [2.45, 2.75) is 63.8 Å². The smallest absolute Gasteiger partial charge is 0.0502 e. The first-order valence-electron chi connectivity index (χ1n) is 8.68. The molecule has 3 heteroatoms. The fraction of sp³-hybridized carbons (Fsp3) is 1.00. The van der Waals surface area contributed by atoms with Crippen LogP contribution in [0.15, 0.2) is 0 Å². The quantitative estimate of drug-likeness (QED) is 0.814. The van der Waals surface area contributed by atoms with Crippen LogP contribution in [0.4, 0.5) is 0 Å². The number of methoxy groups -OCH3 is 1. The van der Waals surface area contributed by atoms with Gasteiger partial charge in [-0.15, -0.1) is 0 Å². The number of likely N-dealkylation sites (tertiary alicyclic amines) is 1. The Balaban J connectivity index is 1.93. The average Bonchev–Trinajstić information content (AvgIpc) is 2.49. The van der Waals surface area contributed by atoms with Gasteiger partial charge in [0.05, 0.1) is 6.61 Å². The Kier molecular flexibility index (Phi) is 6.31. The maximum atomic E-state index is 6.23. The van der Waals surface area contributed by atoms with E-state index in [1.165, 1.54) is 64.5 Å². The van der Waals surface area contributed by atoms with E-state index in [9.17, 15) is 0 Å². The third-order valence-electron chi connectivity index (χ3n) is 5.70. The first-order chi connectivity index (χ1) is 9.74. The number of nitrogens with zero attached hydrogens (tertiary/aromatic N) is 1. The number of piperidine rings is 1. The second-order valence-corrected chi connectivity index (χ2v) is 7.07. The van der Waals surface area contributed by atoms with Gasteiger partial charge in [-0.1, -0.05) is 19.8 Å². The van der Waals surface area contributed by atoms with Crippen molar-refractivity contribution >= 4 is 0 Å². The van der Waals surface area contributed by atoms with E-state index in [1.807, 2.05) is 7.11 Å². The molecule has 1 aliphatic carbocycles. The molecule has 0 aromatic heterocycles. The summed E-state index contributed by atoms with van der Waals surface area (Å²) < 4.78 is 5.37. The standard InChI is InChI=1S/C17H34N2O/c1-3-5-15-7-9-17(14-18,10-8-15)19-11-4-6-16(12-19)13-20-2/h15-16H,3-14,18H2,1-2H3. The van der Waals surface area contributed by atoms with Gasteiger partial charge in [-0.05, 0) is 56.9 Å². The summed E-state index contributed by atoms with van der Waals surface area (Å²) in [6.07, 6.45) is 10.8. The molecule has 1 saturated carbocycles. The van der Waals surface area contributed by atoms with Crippen molar-refractivity contribution < 1.29 is 4.74 Å². The number of rotatable bonds is 6. The first-order valence-corrected chi connectivity index (χ1v) is 8.68. The molecule has 1 atom stereocenters. The molecule has 1 unspecified atom stereocenters. The summed E-state index contributed by atoms with van der Waals surface area (Å²) in [6, 6.07) is 0. The van der Waals surface area contributed by atoms with Crippen LogP contribution in [0.25, 0.3) is 0 Å². The fourth-order valence-electron chi connectivity index (χ4n) is 4.43. The Morgan fingerprint density at radius 2 is 1.95 bits per heavy atom. The van der Waals surface area contributed by atoms with E-state index in [2.05, 4.69) is 11.8 Å². The zero-order chi connectivity index (χ0) is 14.4. The van der Waals surface area contributed by atoms with Crippen LogP contribution < -0.4 is 5.73 Å². The highest BCUT2D eigenvalue weighted by atomic mass is 16.5. The average molecular weight is 282 g/mol. The normalized spacial score (nSPS) is 36.1. The summed E-state index contributed by atoms with van der Waals surface area (Å²) in [5.41, 5.74) is 6.54. The number of hydrogen-bond acceptors (Lipinski definition) is 3. The Labute approximate surface area is 125 Å². The molecule has 2 N–H and O–H groups in total. The van der Waals surface area contributed by atoms with E-state index < -0.39 is 0 Å². The van der Waals surface area contributed by atoms with E-state index >= 15 is 0 Å². The van der Waals surface area contributed by atoms with Gasteiger partial charge in [0, 0.05) is 25.7 Å². The monoisotopic (exact) mass is 282 g/mol. The molecule has 0 aromatic carbocycles. The Bertz CT molecular complexity index is 272. The maximum absolute atomic E-state index is 6.23. The molecular weight excluding hydrogens is 248 g/mol. The molecule has 1 heterocycles. The Hall–Kier alpha value is -0.120. The second-order valence-electron chi connectivity index (χ2n) is 7.07. The van der Waals surface area contributed by atoms with Crippen molar-refractivity contribution in [3.05, 3.63) is 0 Å². The Morgan fingerprint density at radius 3 is 2.55 bits per heavy atom.